The van der Waals surface area contributed by atoms with Crippen molar-refractivity contribution in [2.75, 3.05) is 25.1 Å². The molecule has 2 heterocycles. The average molecular weight is 221 g/mol. The first kappa shape index (κ1) is 11.3. The maximum atomic E-state index is 5.50. The van der Waals surface area contributed by atoms with Gasteiger partial charge >= 0.3 is 0 Å². The number of anilines is 1. The Morgan fingerprint density at radius 2 is 2.31 bits per heavy atom. The summed E-state index contributed by atoms with van der Waals surface area (Å²) in [7, 11) is 0. The normalized spacial score (nSPS) is 20.7. The fourth-order valence-corrected chi connectivity index (χ4v) is 1.98. The molecule has 2 rings (SSSR count). The fourth-order valence-electron chi connectivity index (χ4n) is 1.98. The second kappa shape index (κ2) is 5.80. The van der Waals surface area contributed by atoms with Crippen LogP contribution in [0, 0.1) is 0 Å². The maximum absolute atomic E-state index is 5.50. The Morgan fingerprint density at radius 1 is 1.44 bits per heavy atom. The molecule has 1 aromatic rings. The first-order chi connectivity index (χ1) is 7.92. The van der Waals surface area contributed by atoms with Crippen molar-refractivity contribution in [3.8, 4) is 0 Å². The fraction of sp³-hybridized carbons (Fsp3) is 0.667. The van der Waals surface area contributed by atoms with Gasteiger partial charge in [0.25, 0.3) is 0 Å². The third kappa shape index (κ3) is 2.70. The van der Waals surface area contributed by atoms with Gasteiger partial charge < -0.3 is 10.1 Å². The minimum Gasteiger partial charge on any atom is -0.381 e. The highest BCUT2D eigenvalue weighted by atomic mass is 16.5. The lowest BCUT2D eigenvalue weighted by Gasteiger charge is -2.23. The molecule has 1 unspecified atom stereocenters. The van der Waals surface area contributed by atoms with Crippen molar-refractivity contribution in [1.82, 2.24) is 9.97 Å². The molecule has 0 aromatic carbocycles. The van der Waals surface area contributed by atoms with Gasteiger partial charge in [0.15, 0.2) is 0 Å². The van der Waals surface area contributed by atoms with Crippen LogP contribution in [0.15, 0.2) is 12.4 Å². The number of hydrogen-bond acceptors (Lipinski definition) is 4. The zero-order chi connectivity index (χ0) is 11.2. The van der Waals surface area contributed by atoms with Gasteiger partial charge in [0.2, 0.25) is 0 Å². The van der Waals surface area contributed by atoms with E-state index < -0.39 is 0 Å². The SMILES string of the molecule is CCCNc1nccnc1C1CCCOC1. The largest absolute Gasteiger partial charge is 0.381 e. The molecule has 0 saturated carbocycles. The van der Waals surface area contributed by atoms with Gasteiger partial charge in [-0.1, -0.05) is 6.92 Å². The molecule has 0 aliphatic carbocycles. The Hall–Kier alpha value is -1.16. The second-order valence-corrected chi connectivity index (χ2v) is 4.13. The van der Waals surface area contributed by atoms with E-state index in [1.165, 1.54) is 0 Å². The van der Waals surface area contributed by atoms with E-state index in [1.54, 1.807) is 12.4 Å². The third-order valence-electron chi connectivity index (χ3n) is 2.82. The van der Waals surface area contributed by atoms with Gasteiger partial charge in [-0.2, -0.15) is 0 Å². The van der Waals surface area contributed by atoms with E-state index in [4.69, 9.17) is 4.74 Å². The highest BCUT2D eigenvalue weighted by molar-refractivity contribution is 5.41. The highest BCUT2D eigenvalue weighted by Crippen LogP contribution is 2.27. The van der Waals surface area contributed by atoms with Crippen LogP contribution in [0.25, 0.3) is 0 Å². The Balaban J connectivity index is 2.11. The van der Waals surface area contributed by atoms with Crippen LogP contribution in [-0.4, -0.2) is 29.7 Å². The molecule has 88 valence electrons. The molecule has 4 heteroatoms. The smallest absolute Gasteiger partial charge is 0.148 e. The monoisotopic (exact) mass is 221 g/mol. The van der Waals surface area contributed by atoms with Gasteiger partial charge in [-0.05, 0) is 19.3 Å². The number of hydrogen-bond donors (Lipinski definition) is 1. The molecular formula is C12H19N3O. The van der Waals surface area contributed by atoms with Gasteiger partial charge in [-0.25, -0.2) is 4.98 Å². The molecule has 1 saturated heterocycles. The van der Waals surface area contributed by atoms with Crippen molar-refractivity contribution in [2.45, 2.75) is 32.1 Å². The zero-order valence-electron chi connectivity index (χ0n) is 9.78. The first-order valence-electron chi connectivity index (χ1n) is 6.04. The Bertz CT molecular complexity index is 324. The summed E-state index contributed by atoms with van der Waals surface area (Å²) in [6, 6.07) is 0. The standard InChI is InChI=1S/C12H19N3O/c1-2-5-14-12-11(13-6-7-15-12)10-4-3-8-16-9-10/h6-7,10H,2-5,8-9H2,1H3,(H,14,15). The second-order valence-electron chi connectivity index (χ2n) is 4.13. The minimum atomic E-state index is 0.404. The van der Waals surface area contributed by atoms with E-state index in [1.807, 2.05) is 0 Å². The summed E-state index contributed by atoms with van der Waals surface area (Å²) in [5, 5.41) is 3.33. The lowest BCUT2D eigenvalue weighted by Crippen LogP contribution is -2.19. The minimum absolute atomic E-state index is 0.404. The molecule has 0 spiro atoms. The quantitative estimate of drug-likeness (QED) is 0.846. The van der Waals surface area contributed by atoms with Crippen LogP contribution < -0.4 is 5.32 Å². The van der Waals surface area contributed by atoms with E-state index in [-0.39, 0.29) is 0 Å². The van der Waals surface area contributed by atoms with Crippen molar-refractivity contribution in [3.63, 3.8) is 0 Å². The van der Waals surface area contributed by atoms with Gasteiger partial charge in [0.1, 0.15) is 5.82 Å². The van der Waals surface area contributed by atoms with Crippen molar-refractivity contribution in [2.24, 2.45) is 0 Å². The van der Waals surface area contributed by atoms with E-state index in [9.17, 15) is 0 Å². The molecule has 1 N–H and O–H groups in total. The van der Waals surface area contributed by atoms with Crippen molar-refractivity contribution in [3.05, 3.63) is 18.1 Å². The summed E-state index contributed by atoms with van der Waals surface area (Å²) in [6.45, 7) is 4.75. The predicted molar refractivity (Wildman–Crippen MR) is 63.6 cm³/mol. The summed E-state index contributed by atoms with van der Waals surface area (Å²) in [4.78, 5) is 8.81. The number of ether oxygens (including phenoxy) is 1. The Kier molecular flexibility index (Phi) is 4.10. The summed E-state index contributed by atoms with van der Waals surface area (Å²) in [5.74, 6) is 1.33. The van der Waals surface area contributed by atoms with Crippen LogP contribution in [0.1, 0.15) is 37.8 Å². The van der Waals surface area contributed by atoms with E-state index in [2.05, 4.69) is 22.2 Å². The topological polar surface area (TPSA) is 47.0 Å². The molecule has 16 heavy (non-hydrogen) atoms. The number of nitrogens with zero attached hydrogens (tertiary/aromatic N) is 2. The molecule has 1 aliphatic rings. The lowest BCUT2D eigenvalue weighted by molar-refractivity contribution is 0.0794. The zero-order valence-corrected chi connectivity index (χ0v) is 9.78. The lowest BCUT2D eigenvalue weighted by atomic mass is 9.98. The summed E-state index contributed by atoms with van der Waals surface area (Å²) in [5.41, 5.74) is 1.07. The van der Waals surface area contributed by atoms with E-state index >= 15 is 0 Å². The first-order valence-corrected chi connectivity index (χ1v) is 6.04. The highest BCUT2D eigenvalue weighted by Gasteiger charge is 2.20. The van der Waals surface area contributed by atoms with Crippen LogP contribution >= 0.6 is 0 Å². The Morgan fingerprint density at radius 3 is 3.06 bits per heavy atom. The van der Waals surface area contributed by atoms with E-state index in [0.29, 0.717) is 5.92 Å². The van der Waals surface area contributed by atoms with Crippen LogP contribution in [0.4, 0.5) is 5.82 Å². The maximum Gasteiger partial charge on any atom is 0.148 e. The summed E-state index contributed by atoms with van der Waals surface area (Å²) < 4.78 is 5.50. The number of nitrogens with one attached hydrogen (secondary N) is 1. The predicted octanol–water partition coefficient (Wildman–Crippen LogP) is 2.19. The van der Waals surface area contributed by atoms with E-state index in [0.717, 1.165) is 50.5 Å². The van der Waals surface area contributed by atoms with Crippen LogP contribution in [-0.2, 0) is 4.74 Å². The molecule has 1 aliphatic heterocycles. The summed E-state index contributed by atoms with van der Waals surface area (Å²) in [6.07, 6.45) is 6.87. The molecule has 1 atom stereocenters. The third-order valence-corrected chi connectivity index (χ3v) is 2.82. The van der Waals surface area contributed by atoms with Gasteiger partial charge in [-0.3, -0.25) is 4.98 Å². The van der Waals surface area contributed by atoms with Gasteiger partial charge in [0.05, 0.1) is 12.3 Å². The molecule has 0 radical (unpaired) electrons. The average Bonchev–Trinajstić information content (AvgIpc) is 2.38. The van der Waals surface area contributed by atoms with Crippen LogP contribution in [0.3, 0.4) is 0 Å². The van der Waals surface area contributed by atoms with Crippen LogP contribution in [0.5, 0.6) is 0 Å². The molecule has 1 aromatic heterocycles. The molecule has 4 nitrogen and oxygen atoms in total. The summed E-state index contributed by atoms with van der Waals surface area (Å²) >= 11 is 0. The van der Waals surface area contributed by atoms with Crippen LogP contribution in [0.2, 0.25) is 0 Å². The van der Waals surface area contributed by atoms with Crippen molar-refractivity contribution in [1.29, 1.82) is 0 Å². The van der Waals surface area contributed by atoms with Crippen molar-refractivity contribution >= 4 is 5.82 Å². The number of aromatic nitrogens is 2. The van der Waals surface area contributed by atoms with Crippen molar-refractivity contribution < 1.29 is 4.74 Å². The molecule has 0 amide bonds. The van der Waals surface area contributed by atoms with Gasteiger partial charge in [-0.15, -0.1) is 0 Å². The molecular weight excluding hydrogens is 202 g/mol. The number of rotatable bonds is 4. The Labute approximate surface area is 96.4 Å². The molecule has 0 bridgehead atoms. The molecule has 1 fully saturated rings. The van der Waals surface area contributed by atoms with Gasteiger partial charge in [0, 0.05) is 31.5 Å².